The fraction of sp³-hybridized carbons (Fsp3) is 0.150. The highest BCUT2D eigenvalue weighted by molar-refractivity contribution is 5.79. The van der Waals surface area contributed by atoms with E-state index in [9.17, 15) is 14.8 Å². The highest BCUT2D eigenvalue weighted by atomic mass is 19.1. The summed E-state index contributed by atoms with van der Waals surface area (Å²) in [4.78, 5) is 8.70. The zero-order chi connectivity index (χ0) is 19.0. The Balaban J connectivity index is 1.93. The summed E-state index contributed by atoms with van der Waals surface area (Å²) in [5, 5.41) is 19.1. The Morgan fingerprint density at radius 3 is 2.59 bits per heavy atom. The summed E-state index contributed by atoms with van der Waals surface area (Å²) in [6, 6.07) is 12.0. The average Bonchev–Trinajstić information content (AvgIpc) is 3.25. The molecule has 1 N–H and O–H groups in total. The van der Waals surface area contributed by atoms with E-state index in [2.05, 4.69) is 16.0 Å². The minimum Gasteiger partial charge on any atom is -0.392 e. The van der Waals surface area contributed by atoms with Crippen LogP contribution in [0.5, 0.6) is 0 Å². The molecular formula is C20H16FN5O. The van der Waals surface area contributed by atoms with Gasteiger partial charge in [-0.3, -0.25) is 4.40 Å². The molecule has 0 aliphatic heterocycles. The van der Waals surface area contributed by atoms with Crippen LogP contribution in [0, 0.1) is 17.1 Å². The maximum Gasteiger partial charge on any atom is 0.144 e. The number of imidazole rings is 2. The molecule has 0 aliphatic rings. The van der Waals surface area contributed by atoms with E-state index in [0.717, 1.165) is 16.8 Å². The first kappa shape index (κ1) is 16.9. The number of aliphatic hydroxyl groups excluding tert-OH is 1. The first-order valence-corrected chi connectivity index (χ1v) is 8.43. The quantitative estimate of drug-likeness (QED) is 0.605. The van der Waals surface area contributed by atoms with Gasteiger partial charge in [0.05, 0.1) is 30.0 Å². The number of rotatable bonds is 4. The Bertz CT molecular complexity index is 1150. The predicted octanol–water partition coefficient (Wildman–Crippen LogP) is 3.26. The Kier molecular flexibility index (Phi) is 4.18. The van der Waals surface area contributed by atoms with Gasteiger partial charge in [0.1, 0.15) is 23.2 Å². The van der Waals surface area contributed by atoms with Crippen molar-refractivity contribution in [3.05, 3.63) is 66.6 Å². The number of pyridine rings is 1. The molecule has 0 radical (unpaired) electrons. The van der Waals surface area contributed by atoms with Crippen LogP contribution >= 0.6 is 0 Å². The number of aliphatic hydroxyl groups is 1. The highest BCUT2D eigenvalue weighted by Gasteiger charge is 2.17. The predicted molar refractivity (Wildman–Crippen MR) is 98.2 cm³/mol. The number of nitrogens with zero attached hydrogens (tertiary/aromatic N) is 5. The lowest BCUT2D eigenvalue weighted by atomic mass is 10.1. The molecule has 0 amide bonds. The molecule has 27 heavy (non-hydrogen) atoms. The molecule has 0 saturated heterocycles. The fourth-order valence-corrected chi connectivity index (χ4v) is 3.13. The van der Waals surface area contributed by atoms with Gasteiger partial charge >= 0.3 is 0 Å². The molecule has 6 nitrogen and oxygen atoms in total. The first-order valence-electron chi connectivity index (χ1n) is 8.43. The van der Waals surface area contributed by atoms with Crippen molar-refractivity contribution in [1.82, 2.24) is 18.9 Å². The molecule has 4 aromatic rings. The summed E-state index contributed by atoms with van der Waals surface area (Å²) in [5.41, 5.74) is 4.13. The van der Waals surface area contributed by atoms with Gasteiger partial charge < -0.3 is 9.67 Å². The summed E-state index contributed by atoms with van der Waals surface area (Å²) in [5.74, 6) is -0.317. The first-order chi connectivity index (χ1) is 13.1. The maximum atomic E-state index is 13.3. The molecule has 0 aliphatic carbocycles. The number of benzene rings is 1. The van der Waals surface area contributed by atoms with E-state index in [1.165, 1.54) is 18.3 Å². The second kappa shape index (κ2) is 6.67. The van der Waals surface area contributed by atoms with E-state index < -0.39 is 6.10 Å². The van der Waals surface area contributed by atoms with Gasteiger partial charge in [0.25, 0.3) is 0 Å². The molecular weight excluding hydrogens is 345 g/mol. The van der Waals surface area contributed by atoms with Crippen LogP contribution in [0.25, 0.3) is 28.2 Å². The summed E-state index contributed by atoms with van der Waals surface area (Å²) in [7, 11) is 0. The van der Waals surface area contributed by atoms with Crippen LogP contribution in [0.1, 0.15) is 12.6 Å². The Labute approximate surface area is 154 Å². The van der Waals surface area contributed by atoms with Gasteiger partial charge in [-0.25, -0.2) is 14.4 Å². The normalized spacial score (nSPS) is 12.2. The van der Waals surface area contributed by atoms with E-state index in [-0.39, 0.29) is 5.82 Å². The number of halogens is 1. The standard InChI is InChI=1S/C20H16FN5O/c1-13(27)10-25-12-24-19(14-2-5-16(21)6-3-14)20(25)15-4-7-18-23-9-17(8-22)26(18)11-15/h2-7,9,11-13,27H,10H2,1H3. The van der Waals surface area contributed by atoms with E-state index >= 15 is 0 Å². The van der Waals surface area contributed by atoms with Crippen LogP contribution in [0.2, 0.25) is 0 Å². The molecule has 134 valence electrons. The molecule has 3 heterocycles. The van der Waals surface area contributed by atoms with Gasteiger partial charge in [0.2, 0.25) is 0 Å². The van der Waals surface area contributed by atoms with Crippen molar-refractivity contribution in [1.29, 1.82) is 5.26 Å². The third-order valence-electron chi connectivity index (χ3n) is 4.31. The van der Waals surface area contributed by atoms with Crippen molar-refractivity contribution in [3.8, 4) is 28.6 Å². The van der Waals surface area contributed by atoms with Crippen molar-refractivity contribution in [2.45, 2.75) is 19.6 Å². The largest absolute Gasteiger partial charge is 0.392 e. The molecule has 7 heteroatoms. The minimum atomic E-state index is -0.564. The van der Waals surface area contributed by atoms with Gasteiger partial charge in [-0.05, 0) is 43.3 Å². The number of hydrogen-bond acceptors (Lipinski definition) is 4. The summed E-state index contributed by atoms with van der Waals surface area (Å²) < 4.78 is 16.9. The molecule has 3 aromatic heterocycles. The number of nitriles is 1. The third kappa shape index (κ3) is 3.07. The van der Waals surface area contributed by atoms with Gasteiger partial charge in [-0.15, -0.1) is 0 Å². The summed E-state index contributed by atoms with van der Waals surface area (Å²) in [6.07, 6.45) is 4.44. The molecule has 1 aromatic carbocycles. The highest BCUT2D eigenvalue weighted by Crippen LogP contribution is 2.32. The number of fused-ring (bicyclic) bond motifs is 1. The summed E-state index contributed by atoms with van der Waals surface area (Å²) >= 11 is 0. The van der Waals surface area contributed by atoms with Crippen molar-refractivity contribution in [2.24, 2.45) is 0 Å². The Hall–Kier alpha value is -3.50. The molecule has 0 saturated carbocycles. The molecule has 0 fully saturated rings. The Morgan fingerprint density at radius 1 is 1.15 bits per heavy atom. The third-order valence-corrected chi connectivity index (χ3v) is 4.31. The van der Waals surface area contributed by atoms with E-state index in [4.69, 9.17) is 0 Å². The van der Waals surface area contributed by atoms with Crippen molar-refractivity contribution in [2.75, 3.05) is 0 Å². The molecule has 1 unspecified atom stereocenters. The zero-order valence-electron chi connectivity index (χ0n) is 14.5. The molecule has 0 bridgehead atoms. The van der Waals surface area contributed by atoms with E-state index in [0.29, 0.717) is 23.6 Å². The van der Waals surface area contributed by atoms with Crippen molar-refractivity contribution >= 4 is 5.65 Å². The van der Waals surface area contributed by atoms with Crippen molar-refractivity contribution < 1.29 is 9.50 Å². The van der Waals surface area contributed by atoms with Crippen LogP contribution in [0.15, 0.2) is 55.1 Å². The van der Waals surface area contributed by atoms with Gasteiger partial charge in [0, 0.05) is 23.9 Å². The maximum absolute atomic E-state index is 13.3. The lowest BCUT2D eigenvalue weighted by Crippen LogP contribution is -2.12. The average molecular weight is 361 g/mol. The molecule has 1 atom stereocenters. The molecule has 4 rings (SSSR count). The molecule has 0 spiro atoms. The second-order valence-electron chi connectivity index (χ2n) is 6.35. The van der Waals surface area contributed by atoms with Gasteiger partial charge in [-0.1, -0.05) is 0 Å². The lowest BCUT2D eigenvalue weighted by Gasteiger charge is -2.13. The number of aromatic nitrogens is 4. The van der Waals surface area contributed by atoms with Crippen LogP contribution in [0.3, 0.4) is 0 Å². The van der Waals surface area contributed by atoms with Gasteiger partial charge in [-0.2, -0.15) is 5.26 Å². The monoisotopic (exact) mass is 361 g/mol. The zero-order valence-corrected chi connectivity index (χ0v) is 14.5. The second-order valence-corrected chi connectivity index (χ2v) is 6.35. The van der Waals surface area contributed by atoms with Crippen LogP contribution in [-0.4, -0.2) is 30.1 Å². The smallest absolute Gasteiger partial charge is 0.144 e. The van der Waals surface area contributed by atoms with Crippen LogP contribution in [0.4, 0.5) is 4.39 Å². The van der Waals surface area contributed by atoms with E-state index in [1.54, 1.807) is 29.8 Å². The number of hydrogen-bond donors (Lipinski definition) is 1. The van der Waals surface area contributed by atoms with Crippen molar-refractivity contribution in [3.63, 3.8) is 0 Å². The minimum absolute atomic E-state index is 0.317. The van der Waals surface area contributed by atoms with Crippen LogP contribution < -0.4 is 0 Å². The lowest BCUT2D eigenvalue weighted by molar-refractivity contribution is 0.174. The topological polar surface area (TPSA) is 79.1 Å². The SMILES string of the molecule is CC(O)Cn1cnc(-c2ccc(F)cc2)c1-c1ccc2ncc(C#N)n2c1. The Morgan fingerprint density at radius 2 is 1.89 bits per heavy atom. The van der Waals surface area contributed by atoms with E-state index in [1.807, 2.05) is 22.9 Å². The fourth-order valence-electron chi connectivity index (χ4n) is 3.13. The summed E-state index contributed by atoms with van der Waals surface area (Å²) in [6.45, 7) is 2.06. The van der Waals surface area contributed by atoms with Gasteiger partial charge in [0.15, 0.2) is 0 Å². The van der Waals surface area contributed by atoms with Crippen LogP contribution in [-0.2, 0) is 6.54 Å².